The number of ether oxygens (including phenoxy) is 1. The third-order valence-corrected chi connectivity index (χ3v) is 3.75. The molecule has 6 nitrogen and oxygen atoms in total. The molecule has 1 unspecified atom stereocenters. The van der Waals surface area contributed by atoms with Crippen LogP contribution in [0.25, 0.3) is 0 Å². The second kappa shape index (κ2) is 6.91. The number of benzene rings is 1. The van der Waals surface area contributed by atoms with E-state index in [9.17, 15) is 14.7 Å². The number of aromatic hydroxyl groups is 1. The van der Waals surface area contributed by atoms with E-state index in [0.29, 0.717) is 24.1 Å². The summed E-state index contributed by atoms with van der Waals surface area (Å²) in [5.41, 5.74) is 0.175. The second-order valence-corrected chi connectivity index (χ2v) is 5.55. The van der Waals surface area contributed by atoms with Crippen molar-refractivity contribution in [3.8, 4) is 5.75 Å². The number of piperazine rings is 1. The van der Waals surface area contributed by atoms with Crippen LogP contribution in [0.4, 0.5) is 0 Å². The number of esters is 1. The van der Waals surface area contributed by atoms with E-state index in [1.807, 2.05) is 0 Å². The average Bonchev–Trinajstić information content (AvgIpc) is 2.47. The van der Waals surface area contributed by atoms with Gasteiger partial charge in [0.2, 0.25) is 0 Å². The third kappa shape index (κ3) is 3.54. The number of nitrogens with zero attached hydrogens (tertiary/aromatic N) is 1. The lowest BCUT2D eigenvalue weighted by Crippen LogP contribution is -2.57. The maximum absolute atomic E-state index is 12.6. The molecule has 1 fully saturated rings. The lowest BCUT2D eigenvalue weighted by molar-refractivity contribution is -0.149. The fraction of sp³-hybridized carbons (Fsp3) is 0.429. The zero-order chi connectivity index (χ0) is 15.4. The lowest BCUT2D eigenvalue weighted by Gasteiger charge is -2.34. The molecule has 1 heterocycles. The van der Waals surface area contributed by atoms with E-state index in [1.54, 1.807) is 13.0 Å². The van der Waals surface area contributed by atoms with Gasteiger partial charge in [-0.1, -0.05) is 15.9 Å². The Bertz CT molecular complexity index is 550. The molecule has 1 atom stereocenters. The molecule has 1 aromatic carbocycles. The molecule has 1 aliphatic heterocycles. The van der Waals surface area contributed by atoms with Gasteiger partial charge in [0.15, 0.2) is 0 Å². The van der Waals surface area contributed by atoms with Crippen molar-refractivity contribution in [3.05, 3.63) is 28.2 Å². The highest BCUT2D eigenvalue weighted by molar-refractivity contribution is 9.10. The van der Waals surface area contributed by atoms with Crippen molar-refractivity contribution < 1.29 is 19.4 Å². The maximum Gasteiger partial charge on any atom is 0.330 e. The van der Waals surface area contributed by atoms with Crippen molar-refractivity contribution in [2.75, 3.05) is 26.2 Å². The van der Waals surface area contributed by atoms with E-state index >= 15 is 0 Å². The van der Waals surface area contributed by atoms with Crippen molar-refractivity contribution in [1.29, 1.82) is 0 Å². The van der Waals surface area contributed by atoms with Gasteiger partial charge in [-0.25, -0.2) is 4.79 Å². The van der Waals surface area contributed by atoms with E-state index in [1.165, 1.54) is 17.0 Å². The molecular weight excluding hydrogens is 340 g/mol. The topological polar surface area (TPSA) is 78.9 Å². The van der Waals surface area contributed by atoms with Gasteiger partial charge in [-0.2, -0.15) is 0 Å². The number of amides is 1. The molecule has 0 aromatic heterocycles. The van der Waals surface area contributed by atoms with Crippen LogP contribution in [-0.4, -0.2) is 54.2 Å². The normalized spacial score (nSPS) is 18.4. The van der Waals surface area contributed by atoms with Crippen LogP contribution >= 0.6 is 15.9 Å². The molecule has 21 heavy (non-hydrogen) atoms. The predicted molar refractivity (Wildman–Crippen MR) is 80.1 cm³/mol. The van der Waals surface area contributed by atoms with Crippen LogP contribution in [0.2, 0.25) is 0 Å². The first kappa shape index (κ1) is 15.8. The molecular formula is C14H17BrN2O4. The van der Waals surface area contributed by atoms with Gasteiger partial charge in [-0.05, 0) is 25.1 Å². The summed E-state index contributed by atoms with van der Waals surface area (Å²) in [4.78, 5) is 26.0. The van der Waals surface area contributed by atoms with Gasteiger partial charge < -0.3 is 20.1 Å². The average molecular weight is 357 g/mol. The summed E-state index contributed by atoms with van der Waals surface area (Å²) in [5.74, 6) is -0.926. The molecule has 0 saturated carbocycles. The van der Waals surface area contributed by atoms with Crippen LogP contribution in [0.1, 0.15) is 17.3 Å². The Hall–Kier alpha value is -1.60. The van der Waals surface area contributed by atoms with E-state index in [-0.39, 0.29) is 23.8 Å². The van der Waals surface area contributed by atoms with Crippen LogP contribution in [0, 0.1) is 0 Å². The number of hydrogen-bond donors (Lipinski definition) is 2. The number of carbonyl (C=O) groups excluding carboxylic acids is 2. The minimum absolute atomic E-state index is 0.115. The van der Waals surface area contributed by atoms with E-state index < -0.39 is 12.0 Å². The molecule has 0 radical (unpaired) electrons. The first-order chi connectivity index (χ1) is 10.0. The highest BCUT2D eigenvalue weighted by atomic mass is 79.9. The summed E-state index contributed by atoms with van der Waals surface area (Å²) in [6.07, 6.45) is 0. The Kier molecular flexibility index (Phi) is 5.19. The molecule has 1 amide bonds. The fourth-order valence-corrected chi connectivity index (χ4v) is 2.59. The number of hydrogen-bond acceptors (Lipinski definition) is 5. The minimum Gasteiger partial charge on any atom is -0.507 e. The fourth-order valence-electron chi connectivity index (χ4n) is 2.24. The second-order valence-electron chi connectivity index (χ2n) is 4.63. The molecule has 0 bridgehead atoms. The summed E-state index contributed by atoms with van der Waals surface area (Å²) < 4.78 is 5.68. The Morgan fingerprint density at radius 2 is 2.29 bits per heavy atom. The summed E-state index contributed by atoms with van der Waals surface area (Å²) in [5, 5.41) is 13.0. The van der Waals surface area contributed by atoms with Crippen LogP contribution < -0.4 is 5.32 Å². The monoisotopic (exact) mass is 356 g/mol. The van der Waals surface area contributed by atoms with Gasteiger partial charge in [-0.3, -0.25) is 4.79 Å². The van der Waals surface area contributed by atoms with E-state index in [4.69, 9.17) is 4.74 Å². The predicted octanol–water partition coefficient (Wildman–Crippen LogP) is 1.13. The number of halogens is 1. The van der Waals surface area contributed by atoms with Gasteiger partial charge in [0.05, 0.1) is 12.2 Å². The first-order valence-corrected chi connectivity index (χ1v) is 7.50. The quantitative estimate of drug-likeness (QED) is 0.793. The zero-order valence-corrected chi connectivity index (χ0v) is 13.2. The van der Waals surface area contributed by atoms with Crippen LogP contribution in [0.3, 0.4) is 0 Å². The molecule has 1 aliphatic rings. The van der Waals surface area contributed by atoms with Crippen LogP contribution in [0.15, 0.2) is 22.7 Å². The van der Waals surface area contributed by atoms with Crippen LogP contribution in [-0.2, 0) is 9.53 Å². The van der Waals surface area contributed by atoms with Gasteiger partial charge in [0, 0.05) is 24.1 Å². The minimum atomic E-state index is -0.672. The number of nitrogens with one attached hydrogen (secondary N) is 1. The molecule has 7 heteroatoms. The van der Waals surface area contributed by atoms with E-state index in [2.05, 4.69) is 21.2 Å². The van der Waals surface area contributed by atoms with Crippen molar-refractivity contribution in [1.82, 2.24) is 10.2 Å². The largest absolute Gasteiger partial charge is 0.507 e. The molecule has 2 N–H and O–H groups in total. The van der Waals surface area contributed by atoms with Crippen molar-refractivity contribution in [3.63, 3.8) is 0 Å². The highest BCUT2D eigenvalue weighted by Crippen LogP contribution is 2.24. The van der Waals surface area contributed by atoms with Crippen molar-refractivity contribution in [2.24, 2.45) is 0 Å². The summed E-state index contributed by atoms with van der Waals surface area (Å²) in [6, 6.07) is 3.99. The SMILES string of the molecule is CCOC(=O)C1CNCCN1C(=O)c1ccc(Br)cc1O. The molecule has 0 spiro atoms. The molecule has 114 valence electrons. The Morgan fingerprint density at radius 3 is 2.95 bits per heavy atom. The van der Waals surface area contributed by atoms with E-state index in [0.717, 1.165) is 0 Å². The Balaban J connectivity index is 2.24. The van der Waals surface area contributed by atoms with Crippen LogP contribution in [0.5, 0.6) is 5.75 Å². The highest BCUT2D eigenvalue weighted by Gasteiger charge is 2.34. The number of phenols is 1. The zero-order valence-electron chi connectivity index (χ0n) is 11.6. The molecule has 0 aliphatic carbocycles. The van der Waals surface area contributed by atoms with Crippen molar-refractivity contribution in [2.45, 2.75) is 13.0 Å². The Labute approximate surface area is 131 Å². The maximum atomic E-state index is 12.6. The Morgan fingerprint density at radius 1 is 1.52 bits per heavy atom. The molecule has 1 saturated heterocycles. The smallest absolute Gasteiger partial charge is 0.330 e. The van der Waals surface area contributed by atoms with Gasteiger partial charge in [0.25, 0.3) is 5.91 Å². The number of carbonyl (C=O) groups is 2. The third-order valence-electron chi connectivity index (χ3n) is 3.25. The first-order valence-electron chi connectivity index (χ1n) is 6.71. The summed E-state index contributed by atoms with van der Waals surface area (Å²) in [6.45, 7) is 3.32. The summed E-state index contributed by atoms with van der Waals surface area (Å²) in [7, 11) is 0. The standard InChI is InChI=1S/C14H17BrN2O4/c1-2-21-14(20)11-8-16-5-6-17(11)13(19)10-4-3-9(15)7-12(10)18/h3-4,7,11,16,18H,2,5-6,8H2,1H3. The molecule has 1 aromatic rings. The lowest BCUT2D eigenvalue weighted by atomic mass is 10.1. The van der Waals surface area contributed by atoms with Crippen molar-refractivity contribution >= 4 is 27.8 Å². The summed E-state index contributed by atoms with van der Waals surface area (Å²) >= 11 is 3.23. The molecule has 2 rings (SSSR count). The van der Waals surface area contributed by atoms with Gasteiger partial charge in [0.1, 0.15) is 11.8 Å². The number of phenolic OH excluding ortho intramolecular Hbond substituents is 1. The number of rotatable bonds is 3. The van der Waals surface area contributed by atoms with Gasteiger partial charge >= 0.3 is 5.97 Å². The van der Waals surface area contributed by atoms with Gasteiger partial charge in [-0.15, -0.1) is 0 Å².